The molecular weight excluding hydrogens is 325 g/mol. The van der Waals surface area contributed by atoms with E-state index in [2.05, 4.69) is 54.7 Å². The van der Waals surface area contributed by atoms with Crippen molar-refractivity contribution >= 4 is 16.5 Å². The highest BCUT2D eigenvalue weighted by molar-refractivity contribution is 5.86. The van der Waals surface area contributed by atoms with Crippen molar-refractivity contribution in [1.29, 1.82) is 0 Å². The first-order valence-electron chi connectivity index (χ1n) is 9.38. The lowest BCUT2D eigenvalue weighted by Gasteiger charge is -2.27. The van der Waals surface area contributed by atoms with Gasteiger partial charge < -0.3 is 10.1 Å². The van der Waals surface area contributed by atoms with E-state index in [1.54, 1.807) is 6.07 Å². The van der Waals surface area contributed by atoms with Gasteiger partial charge in [0.05, 0.1) is 12.2 Å². The van der Waals surface area contributed by atoms with Crippen LogP contribution in [0.15, 0.2) is 60.7 Å². The molecule has 0 saturated heterocycles. The number of anilines is 1. The molecule has 1 unspecified atom stereocenters. The average molecular weight is 349 g/mol. The highest BCUT2D eigenvalue weighted by Crippen LogP contribution is 2.32. The Kier molecular flexibility index (Phi) is 4.79. The minimum Gasteiger partial charge on any atom is -0.486 e. The molecule has 0 aliphatic carbocycles. The van der Waals surface area contributed by atoms with E-state index < -0.39 is 0 Å². The van der Waals surface area contributed by atoms with Crippen LogP contribution in [0.1, 0.15) is 37.7 Å². The van der Waals surface area contributed by atoms with Gasteiger partial charge in [0.25, 0.3) is 0 Å². The third kappa shape index (κ3) is 3.52. The molecule has 0 saturated carbocycles. The average Bonchev–Trinajstić information content (AvgIpc) is 2.67. The van der Waals surface area contributed by atoms with E-state index in [4.69, 9.17) is 4.74 Å². The second kappa shape index (κ2) is 7.36. The molecule has 1 aliphatic rings. The molecule has 2 atom stereocenters. The van der Waals surface area contributed by atoms with Gasteiger partial charge in [0, 0.05) is 6.07 Å². The van der Waals surface area contributed by atoms with Gasteiger partial charge in [-0.25, -0.2) is 4.39 Å². The second-order valence-electron chi connectivity index (χ2n) is 7.16. The van der Waals surface area contributed by atoms with Crippen molar-refractivity contribution in [3.8, 4) is 5.75 Å². The Labute approximate surface area is 154 Å². The van der Waals surface area contributed by atoms with Crippen LogP contribution in [0.25, 0.3) is 10.8 Å². The van der Waals surface area contributed by atoms with Gasteiger partial charge >= 0.3 is 0 Å². The first-order chi connectivity index (χ1) is 12.7. The van der Waals surface area contributed by atoms with Crippen molar-refractivity contribution in [3.63, 3.8) is 0 Å². The summed E-state index contributed by atoms with van der Waals surface area (Å²) < 4.78 is 19.3. The molecule has 1 N–H and O–H groups in total. The van der Waals surface area contributed by atoms with Crippen LogP contribution in [0.2, 0.25) is 0 Å². The first-order valence-corrected chi connectivity index (χ1v) is 9.38. The van der Waals surface area contributed by atoms with Crippen LogP contribution >= 0.6 is 0 Å². The van der Waals surface area contributed by atoms with Crippen molar-refractivity contribution in [2.24, 2.45) is 0 Å². The molecule has 26 heavy (non-hydrogen) atoms. The highest BCUT2D eigenvalue weighted by Gasteiger charge is 2.20. The molecule has 3 aromatic carbocycles. The molecule has 0 fully saturated rings. The largest absolute Gasteiger partial charge is 0.486 e. The number of halogens is 1. The van der Waals surface area contributed by atoms with Gasteiger partial charge in [-0.3, -0.25) is 0 Å². The molecule has 4 rings (SSSR count). The van der Waals surface area contributed by atoms with E-state index in [1.165, 1.54) is 28.5 Å². The van der Waals surface area contributed by atoms with Crippen LogP contribution in [-0.4, -0.2) is 12.6 Å². The zero-order valence-corrected chi connectivity index (χ0v) is 15.0. The second-order valence-corrected chi connectivity index (χ2v) is 7.16. The molecule has 134 valence electrons. The van der Waals surface area contributed by atoms with Crippen molar-refractivity contribution in [2.75, 3.05) is 11.9 Å². The molecule has 3 heteroatoms. The number of hydrogen-bond donors (Lipinski definition) is 1. The summed E-state index contributed by atoms with van der Waals surface area (Å²) in [5, 5.41) is 5.94. The molecular formula is C23H24FNO. The third-order valence-corrected chi connectivity index (χ3v) is 5.27. The van der Waals surface area contributed by atoms with Gasteiger partial charge in [-0.2, -0.15) is 0 Å². The van der Waals surface area contributed by atoms with Crippen molar-refractivity contribution in [2.45, 2.75) is 38.2 Å². The maximum Gasteiger partial charge on any atom is 0.143 e. The van der Waals surface area contributed by atoms with Crippen molar-refractivity contribution < 1.29 is 9.13 Å². The normalized spacial score (nSPS) is 17.2. The van der Waals surface area contributed by atoms with E-state index in [0.29, 0.717) is 5.92 Å². The van der Waals surface area contributed by atoms with E-state index in [9.17, 15) is 4.39 Å². The smallest absolute Gasteiger partial charge is 0.143 e. The fraction of sp³-hybridized carbons (Fsp3) is 0.304. The van der Waals surface area contributed by atoms with Gasteiger partial charge in [-0.05, 0) is 53.6 Å². The monoisotopic (exact) mass is 349 g/mol. The van der Waals surface area contributed by atoms with Crippen molar-refractivity contribution in [3.05, 3.63) is 72.0 Å². The Bertz CT molecular complexity index is 902. The zero-order chi connectivity index (χ0) is 17.9. The van der Waals surface area contributed by atoms with Gasteiger partial charge in [-0.1, -0.05) is 49.4 Å². The number of nitrogens with one attached hydrogen (secondary N) is 1. The summed E-state index contributed by atoms with van der Waals surface area (Å²) in [5.41, 5.74) is 2.18. The van der Waals surface area contributed by atoms with E-state index >= 15 is 0 Å². The minimum atomic E-state index is -0.234. The molecule has 0 bridgehead atoms. The Hall–Kier alpha value is -2.55. The maximum atomic E-state index is 13.3. The number of fused-ring (bicyclic) bond motifs is 2. The lowest BCUT2D eigenvalue weighted by molar-refractivity contribution is 0.190. The fourth-order valence-corrected chi connectivity index (χ4v) is 3.84. The van der Waals surface area contributed by atoms with E-state index in [-0.39, 0.29) is 11.9 Å². The molecule has 0 aromatic heterocycles. The molecule has 2 nitrogen and oxygen atoms in total. The quantitative estimate of drug-likeness (QED) is 0.598. The summed E-state index contributed by atoms with van der Waals surface area (Å²) in [6.07, 6.45) is 3.38. The highest BCUT2D eigenvalue weighted by atomic mass is 19.1. The molecule has 3 aromatic rings. The van der Waals surface area contributed by atoms with Crippen LogP contribution in [-0.2, 0) is 0 Å². The fourth-order valence-electron chi connectivity index (χ4n) is 3.84. The summed E-state index contributed by atoms with van der Waals surface area (Å²) in [6, 6.07) is 19.8. The van der Waals surface area contributed by atoms with Crippen LogP contribution in [0.3, 0.4) is 0 Å². The Balaban J connectivity index is 1.35. The molecule has 0 amide bonds. The van der Waals surface area contributed by atoms with E-state index in [1.807, 2.05) is 0 Å². The lowest BCUT2D eigenvalue weighted by atomic mass is 9.90. The number of hydrogen-bond acceptors (Lipinski definition) is 2. The standard InChI is InChI=1S/C23H24FNO/c1-16(20-11-5-8-17-7-2-3-10-21(17)20)6-4-9-19-15-25-22-14-18(24)12-13-23(22)26-19/h2-3,5,7-8,10-14,16,19,25H,4,6,9,15H2,1H3/t16-,19?/m0/s1. The first kappa shape index (κ1) is 16.9. The van der Waals surface area contributed by atoms with Crippen LogP contribution in [0, 0.1) is 5.82 Å². The van der Waals surface area contributed by atoms with Crippen LogP contribution in [0.4, 0.5) is 10.1 Å². The summed E-state index contributed by atoms with van der Waals surface area (Å²) in [7, 11) is 0. The summed E-state index contributed by atoms with van der Waals surface area (Å²) in [6.45, 7) is 3.04. The minimum absolute atomic E-state index is 0.146. The predicted molar refractivity (Wildman–Crippen MR) is 106 cm³/mol. The molecule has 0 spiro atoms. The van der Waals surface area contributed by atoms with Crippen molar-refractivity contribution in [1.82, 2.24) is 0 Å². The third-order valence-electron chi connectivity index (χ3n) is 5.27. The predicted octanol–water partition coefficient (Wildman–Crippen LogP) is 6.13. The zero-order valence-electron chi connectivity index (χ0n) is 15.0. The summed E-state index contributed by atoms with van der Waals surface area (Å²) in [5.74, 6) is 1.03. The van der Waals surface area contributed by atoms with Gasteiger partial charge in [-0.15, -0.1) is 0 Å². The SMILES string of the molecule is C[C@@H](CCCC1CNc2cc(F)ccc2O1)c1cccc2ccccc12. The van der Waals surface area contributed by atoms with E-state index in [0.717, 1.165) is 37.2 Å². The molecule has 0 radical (unpaired) electrons. The maximum absolute atomic E-state index is 13.3. The summed E-state index contributed by atoms with van der Waals surface area (Å²) >= 11 is 0. The van der Waals surface area contributed by atoms with Gasteiger partial charge in [0.15, 0.2) is 0 Å². The molecule has 1 aliphatic heterocycles. The Morgan fingerprint density at radius 1 is 1.12 bits per heavy atom. The topological polar surface area (TPSA) is 21.3 Å². The number of benzene rings is 3. The van der Waals surface area contributed by atoms with Crippen LogP contribution < -0.4 is 10.1 Å². The Morgan fingerprint density at radius 2 is 1.96 bits per heavy atom. The molecule has 1 heterocycles. The Morgan fingerprint density at radius 3 is 2.88 bits per heavy atom. The summed E-state index contributed by atoms with van der Waals surface area (Å²) in [4.78, 5) is 0. The lowest BCUT2D eigenvalue weighted by Crippen LogP contribution is -2.30. The van der Waals surface area contributed by atoms with Gasteiger partial charge in [0.1, 0.15) is 17.7 Å². The number of rotatable bonds is 5. The van der Waals surface area contributed by atoms with Gasteiger partial charge in [0.2, 0.25) is 0 Å². The number of ether oxygens (including phenoxy) is 1. The van der Waals surface area contributed by atoms with Crippen LogP contribution in [0.5, 0.6) is 5.75 Å².